The second kappa shape index (κ2) is 8.66. The van der Waals surface area contributed by atoms with Crippen molar-refractivity contribution in [1.29, 1.82) is 0 Å². The van der Waals surface area contributed by atoms with Crippen molar-refractivity contribution in [2.75, 3.05) is 18.0 Å². The molecule has 2 aliphatic heterocycles. The van der Waals surface area contributed by atoms with E-state index >= 15 is 0 Å². The highest BCUT2D eigenvalue weighted by atomic mass is 16.2. The van der Waals surface area contributed by atoms with Gasteiger partial charge in [-0.25, -0.2) is 4.90 Å². The van der Waals surface area contributed by atoms with Gasteiger partial charge < -0.3 is 10.2 Å². The standard InChI is InChI=1S/C23H31N3O3/c1-16-7-9-19(10-8-16)26-21(27)15-20(23(26)29)24-18-11-13-25(14-12-18)22(28)17-5-3-2-4-6-17/h7-10,17-18,20,24H,2-6,11-15H2,1H3/t20-/m0/s1. The normalized spacial score (nSPS) is 24.4. The maximum atomic E-state index is 12.8. The van der Waals surface area contributed by atoms with Crippen molar-refractivity contribution in [1.82, 2.24) is 10.2 Å². The zero-order valence-corrected chi connectivity index (χ0v) is 17.2. The zero-order chi connectivity index (χ0) is 20.4. The fourth-order valence-electron chi connectivity index (χ4n) is 4.89. The van der Waals surface area contributed by atoms with Gasteiger partial charge in [0.2, 0.25) is 11.8 Å². The predicted octanol–water partition coefficient (Wildman–Crippen LogP) is 2.79. The number of nitrogens with zero attached hydrogens (tertiary/aromatic N) is 2. The average Bonchev–Trinajstić information content (AvgIpc) is 3.02. The minimum absolute atomic E-state index is 0.152. The van der Waals surface area contributed by atoms with Crippen LogP contribution in [0.1, 0.15) is 56.9 Å². The zero-order valence-electron chi connectivity index (χ0n) is 17.2. The van der Waals surface area contributed by atoms with E-state index in [4.69, 9.17) is 0 Å². The molecule has 156 valence electrons. The molecule has 3 amide bonds. The lowest BCUT2D eigenvalue weighted by molar-refractivity contribution is -0.137. The molecule has 0 unspecified atom stereocenters. The summed E-state index contributed by atoms with van der Waals surface area (Å²) >= 11 is 0. The van der Waals surface area contributed by atoms with Gasteiger partial charge in [-0.1, -0.05) is 37.0 Å². The Hall–Kier alpha value is -2.21. The highest BCUT2D eigenvalue weighted by molar-refractivity contribution is 6.22. The van der Waals surface area contributed by atoms with Crippen molar-refractivity contribution in [3.8, 4) is 0 Å². The summed E-state index contributed by atoms with van der Waals surface area (Å²) < 4.78 is 0. The van der Waals surface area contributed by atoms with Gasteiger partial charge in [-0.3, -0.25) is 14.4 Å². The smallest absolute Gasteiger partial charge is 0.251 e. The fourth-order valence-corrected chi connectivity index (χ4v) is 4.89. The number of anilines is 1. The van der Waals surface area contributed by atoms with Gasteiger partial charge in [-0.2, -0.15) is 0 Å². The Kier molecular flexibility index (Phi) is 5.99. The Bertz CT molecular complexity index is 762. The van der Waals surface area contributed by atoms with Crippen LogP contribution in [0.3, 0.4) is 0 Å². The van der Waals surface area contributed by atoms with E-state index in [0.29, 0.717) is 11.6 Å². The van der Waals surface area contributed by atoms with Gasteiger partial charge >= 0.3 is 0 Å². The van der Waals surface area contributed by atoms with Crippen LogP contribution < -0.4 is 10.2 Å². The molecule has 6 nitrogen and oxygen atoms in total. The lowest BCUT2D eigenvalue weighted by Crippen LogP contribution is -2.50. The van der Waals surface area contributed by atoms with Crippen LogP contribution in [0.5, 0.6) is 0 Å². The molecule has 0 radical (unpaired) electrons. The van der Waals surface area contributed by atoms with E-state index in [1.54, 1.807) is 0 Å². The van der Waals surface area contributed by atoms with Gasteiger partial charge in [0.15, 0.2) is 0 Å². The number of aryl methyl sites for hydroxylation is 1. The lowest BCUT2D eigenvalue weighted by Gasteiger charge is -2.36. The molecule has 6 heteroatoms. The quantitative estimate of drug-likeness (QED) is 0.793. The summed E-state index contributed by atoms with van der Waals surface area (Å²) in [6.07, 6.45) is 7.53. The highest BCUT2D eigenvalue weighted by Gasteiger charge is 2.41. The summed E-state index contributed by atoms with van der Waals surface area (Å²) in [4.78, 5) is 41.3. The van der Waals surface area contributed by atoms with Gasteiger partial charge in [-0.15, -0.1) is 0 Å². The molecule has 1 atom stereocenters. The second-order valence-corrected chi connectivity index (χ2v) is 8.76. The number of piperidine rings is 1. The third-order valence-corrected chi connectivity index (χ3v) is 6.64. The van der Waals surface area contributed by atoms with E-state index < -0.39 is 6.04 Å². The molecule has 2 saturated heterocycles. The average molecular weight is 398 g/mol. The van der Waals surface area contributed by atoms with E-state index in [0.717, 1.165) is 44.3 Å². The van der Waals surface area contributed by atoms with Gasteiger partial charge in [0, 0.05) is 25.0 Å². The molecule has 3 fully saturated rings. The first-order valence-corrected chi connectivity index (χ1v) is 11.0. The summed E-state index contributed by atoms with van der Waals surface area (Å²) in [5, 5.41) is 3.40. The van der Waals surface area contributed by atoms with Crippen LogP contribution in [-0.2, 0) is 14.4 Å². The molecule has 29 heavy (non-hydrogen) atoms. The van der Waals surface area contributed by atoms with Crippen LogP contribution in [0, 0.1) is 12.8 Å². The molecule has 1 aromatic rings. The summed E-state index contributed by atoms with van der Waals surface area (Å²) in [6.45, 7) is 3.46. The van der Waals surface area contributed by atoms with Crippen LogP contribution in [-0.4, -0.2) is 47.8 Å². The van der Waals surface area contributed by atoms with E-state index in [9.17, 15) is 14.4 Å². The molecule has 3 aliphatic rings. The van der Waals surface area contributed by atoms with E-state index in [2.05, 4.69) is 5.32 Å². The van der Waals surface area contributed by atoms with Crippen molar-refractivity contribution in [3.05, 3.63) is 29.8 Å². The number of rotatable bonds is 4. The Morgan fingerprint density at radius 3 is 2.28 bits per heavy atom. The first-order chi connectivity index (χ1) is 14.0. The van der Waals surface area contributed by atoms with Gasteiger partial charge in [0.05, 0.1) is 18.2 Å². The molecule has 1 saturated carbocycles. The van der Waals surface area contributed by atoms with Crippen LogP contribution in [0.2, 0.25) is 0 Å². The Morgan fingerprint density at radius 1 is 0.966 bits per heavy atom. The minimum Gasteiger partial charge on any atom is -0.342 e. The van der Waals surface area contributed by atoms with E-state index in [1.165, 1.54) is 24.2 Å². The third kappa shape index (κ3) is 4.37. The van der Waals surface area contributed by atoms with Gasteiger partial charge in [0.25, 0.3) is 5.91 Å². The van der Waals surface area contributed by atoms with Crippen molar-refractivity contribution in [2.45, 2.75) is 70.4 Å². The number of carbonyl (C=O) groups is 3. The number of likely N-dealkylation sites (tertiary alicyclic amines) is 1. The molecule has 0 bridgehead atoms. The monoisotopic (exact) mass is 397 g/mol. The molecule has 0 aromatic heterocycles. The van der Waals surface area contributed by atoms with Crippen molar-refractivity contribution < 1.29 is 14.4 Å². The summed E-state index contributed by atoms with van der Waals surface area (Å²) in [5.41, 5.74) is 1.74. The first-order valence-electron chi connectivity index (χ1n) is 11.0. The molecule has 2 heterocycles. The minimum atomic E-state index is -0.464. The van der Waals surface area contributed by atoms with Gasteiger partial charge in [-0.05, 0) is 44.7 Å². The summed E-state index contributed by atoms with van der Waals surface area (Å²) in [5.74, 6) is 0.215. The van der Waals surface area contributed by atoms with E-state index in [1.807, 2.05) is 36.1 Å². The summed E-state index contributed by atoms with van der Waals surface area (Å²) in [7, 11) is 0. The number of carbonyl (C=O) groups excluding carboxylic acids is 3. The number of amides is 3. The van der Waals surface area contributed by atoms with Crippen LogP contribution in [0.4, 0.5) is 5.69 Å². The van der Waals surface area contributed by atoms with Crippen molar-refractivity contribution in [2.24, 2.45) is 5.92 Å². The first kappa shape index (κ1) is 20.1. The second-order valence-electron chi connectivity index (χ2n) is 8.76. The number of hydrogen-bond donors (Lipinski definition) is 1. The maximum absolute atomic E-state index is 12.8. The molecular weight excluding hydrogens is 366 g/mol. The largest absolute Gasteiger partial charge is 0.342 e. The molecular formula is C23H31N3O3. The molecule has 1 aliphatic carbocycles. The van der Waals surface area contributed by atoms with Crippen LogP contribution in [0.15, 0.2) is 24.3 Å². The molecule has 4 rings (SSSR count). The van der Waals surface area contributed by atoms with Crippen molar-refractivity contribution in [3.63, 3.8) is 0 Å². The van der Waals surface area contributed by atoms with Crippen LogP contribution in [0.25, 0.3) is 0 Å². The SMILES string of the molecule is Cc1ccc(N2C(=O)C[C@H](NC3CCN(C(=O)C4CCCCC4)CC3)C2=O)cc1. The number of hydrogen-bond acceptors (Lipinski definition) is 4. The lowest BCUT2D eigenvalue weighted by atomic mass is 9.87. The number of benzene rings is 1. The molecule has 0 spiro atoms. The maximum Gasteiger partial charge on any atom is 0.251 e. The fraction of sp³-hybridized carbons (Fsp3) is 0.609. The van der Waals surface area contributed by atoms with Crippen LogP contribution >= 0.6 is 0 Å². The number of nitrogens with one attached hydrogen (secondary N) is 1. The Morgan fingerprint density at radius 2 is 1.62 bits per heavy atom. The third-order valence-electron chi connectivity index (χ3n) is 6.64. The Labute approximate surface area is 172 Å². The number of imide groups is 1. The molecule has 1 aromatic carbocycles. The van der Waals surface area contributed by atoms with E-state index in [-0.39, 0.29) is 30.2 Å². The Balaban J connectivity index is 1.30. The predicted molar refractivity (Wildman–Crippen MR) is 111 cm³/mol. The van der Waals surface area contributed by atoms with Crippen molar-refractivity contribution >= 4 is 23.4 Å². The topological polar surface area (TPSA) is 69.7 Å². The van der Waals surface area contributed by atoms with Gasteiger partial charge in [0.1, 0.15) is 0 Å². The summed E-state index contributed by atoms with van der Waals surface area (Å²) in [6, 6.07) is 7.18. The molecule has 1 N–H and O–H groups in total. The highest BCUT2D eigenvalue weighted by Crippen LogP contribution is 2.27.